The predicted molar refractivity (Wildman–Crippen MR) is 111 cm³/mol. The summed E-state index contributed by atoms with van der Waals surface area (Å²) >= 11 is 0. The molecule has 2 N–H and O–H groups in total. The number of rotatable bonds is 3. The molecular weight excluding hydrogens is 364 g/mol. The highest BCUT2D eigenvalue weighted by molar-refractivity contribution is 6.01. The molecule has 4 aromatic rings. The number of likely N-dealkylation sites (tertiary alicyclic amines) is 1. The first-order valence-electron chi connectivity index (χ1n) is 9.99. The lowest BCUT2D eigenvalue weighted by Crippen LogP contribution is -2.27. The van der Waals surface area contributed by atoms with Gasteiger partial charge >= 0.3 is 0 Å². The van der Waals surface area contributed by atoms with E-state index in [4.69, 9.17) is 0 Å². The fourth-order valence-electron chi connectivity index (χ4n) is 4.95. The Morgan fingerprint density at radius 1 is 0.897 bits per heavy atom. The van der Waals surface area contributed by atoms with Crippen LogP contribution in [0.15, 0.2) is 42.9 Å². The minimum Gasteiger partial charge on any atom is -0.354 e. The topological polar surface area (TPSA) is 89.6 Å². The monoisotopic (exact) mass is 386 g/mol. The van der Waals surface area contributed by atoms with E-state index in [0.29, 0.717) is 0 Å². The van der Waals surface area contributed by atoms with E-state index < -0.39 is 0 Å². The molecule has 3 aromatic heterocycles. The predicted octanol–water partition coefficient (Wildman–Crippen LogP) is 2.41. The maximum atomic E-state index is 4.56. The van der Waals surface area contributed by atoms with Crippen LogP contribution < -0.4 is 4.90 Å². The molecule has 2 aliphatic rings. The second-order valence-electron chi connectivity index (χ2n) is 8.23. The van der Waals surface area contributed by atoms with Crippen molar-refractivity contribution in [2.24, 2.45) is 11.8 Å². The van der Waals surface area contributed by atoms with Crippen LogP contribution in [0.2, 0.25) is 0 Å². The molecule has 1 aromatic carbocycles. The zero-order chi connectivity index (χ0) is 19.4. The lowest BCUT2D eigenvalue weighted by atomic mass is 10.0. The molecule has 2 aliphatic heterocycles. The number of H-pyrrole nitrogens is 2. The van der Waals surface area contributed by atoms with E-state index >= 15 is 0 Å². The highest BCUT2D eigenvalue weighted by atomic mass is 15.3. The molecule has 8 heteroatoms. The van der Waals surface area contributed by atoms with Crippen LogP contribution in [-0.4, -0.2) is 68.7 Å². The lowest BCUT2D eigenvalue weighted by Gasteiger charge is -2.19. The van der Waals surface area contributed by atoms with Crippen LogP contribution in [0.25, 0.3) is 33.3 Å². The second-order valence-corrected chi connectivity index (χ2v) is 8.23. The summed E-state index contributed by atoms with van der Waals surface area (Å²) in [7, 11) is 2.21. The molecule has 0 radical (unpaired) electrons. The summed E-state index contributed by atoms with van der Waals surface area (Å²) in [6, 6.07) is 8.32. The molecular formula is C21H22N8. The third-order valence-corrected chi connectivity index (χ3v) is 6.34. The van der Waals surface area contributed by atoms with Crippen LogP contribution in [0.4, 0.5) is 5.82 Å². The van der Waals surface area contributed by atoms with Gasteiger partial charge in [-0.25, -0.2) is 0 Å². The third kappa shape index (κ3) is 2.71. The third-order valence-electron chi connectivity index (χ3n) is 6.34. The number of aromatic amines is 2. The van der Waals surface area contributed by atoms with Crippen LogP contribution in [0.5, 0.6) is 0 Å². The van der Waals surface area contributed by atoms with Crippen molar-refractivity contribution >= 4 is 16.7 Å². The van der Waals surface area contributed by atoms with Gasteiger partial charge in [0.15, 0.2) is 5.82 Å². The molecule has 29 heavy (non-hydrogen) atoms. The fraction of sp³-hybridized carbons (Fsp3) is 0.333. The van der Waals surface area contributed by atoms with Crippen molar-refractivity contribution in [1.29, 1.82) is 0 Å². The first-order chi connectivity index (χ1) is 14.3. The summed E-state index contributed by atoms with van der Waals surface area (Å²) in [5, 5.41) is 24.5. The highest BCUT2D eigenvalue weighted by Gasteiger charge is 2.39. The van der Waals surface area contributed by atoms with Gasteiger partial charge in [0, 0.05) is 48.9 Å². The van der Waals surface area contributed by atoms with E-state index in [0.717, 1.165) is 64.0 Å². The second kappa shape index (κ2) is 6.38. The van der Waals surface area contributed by atoms with Gasteiger partial charge < -0.3 is 9.80 Å². The molecule has 8 nitrogen and oxygen atoms in total. The number of hydrogen-bond acceptors (Lipinski definition) is 6. The maximum absolute atomic E-state index is 4.56. The minimum absolute atomic E-state index is 0.751. The van der Waals surface area contributed by atoms with E-state index in [-0.39, 0.29) is 0 Å². The summed E-state index contributed by atoms with van der Waals surface area (Å²) in [5.41, 5.74) is 4.94. The van der Waals surface area contributed by atoms with E-state index in [1.165, 1.54) is 13.1 Å². The number of anilines is 1. The van der Waals surface area contributed by atoms with E-state index in [1.807, 2.05) is 18.6 Å². The standard InChI is InChI=1S/C21H22N8/c1-28-9-14-11-29(12-15(14)10-28)20-5-4-19(25-26-20)17-3-2-16(13-6-22-23-7-13)18-8-24-27-21(17)18/h2-8,14-15H,9-12H2,1H3,(H,22,23)(H,24,27). The summed E-state index contributed by atoms with van der Waals surface area (Å²) in [4.78, 5) is 4.82. The molecule has 6 rings (SSSR count). The Bertz CT molecular complexity index is 1130. The van der Waals surface area contributed by atoms with Gasteiger partial charge in [0.25, 0.3) is 0 Å². The number of nitrogens with zero attached hydrogens (tertiary/aromatic N) is 6. The van der Waals surface area contributed by atoms with Crippen LogP contribution in [-0.2, 0) is 0 Å². The Hall–Kier alpha value is -3.26. The lowest BCUT2D eigenvalue weighted by molar-refractivity contribution is 0.387. The number of fused-ring (bicyclic) bond motifs is 2. The molecule has 0 bridgehead atoms. The van der Waals surface area contributed by atoms with Crippen LogP contribution in [0.3, 0.4) is 0 Å². The van der Waals surface area contributed by atoms with Gasteiger partial charge in [-0.15, -0.1) is 10.2 Å². The Kier molecular flexibility index (Phi) is 3.67. The van der Waals surface area contributed by atoms with Crippen molar-refractivity contribution in [3.8, 4) is 22.4 Å². The average Bonchev–Trinajstić information content (AvgIpc) is 3.51. The number of benzene rings is 1. The SMILES string of the molecule is CN1CC2CN(c3ccc(-c4ccc(-c5cn[nH]c5)c5cn[nH]c45)nn3)CC2C1. The highest BCUT2D eigenvalue weighted by Crippen LogP contribution is 2.35. The normalized spacial score (nSPS) is 21.9. The van der Waals surface area contributed by atoms with Crippen molar-refractivity contribution in [3.05, 3.63) is 42.9 Å². The van der Waals surface area contributed by atoms with Crippen LogP contribution in [0, 0.1) is 11.8 Å². The van der Waals surface area contributed by atoms with E-state index in [2.05, 4.69) is 71.7 Å². The van der Waals surface area contributed by atoms with Gasteiger partial charge in [-0.1, -0.05) is 6.07 Å². The molecule has 0 amide bonds. The average molecular weight is 386 g/mol. The number of nitrogens with one attached hydrogen (secondary N) is 2. The van der Waals surface area contributed by atoms with Crippen LogP contribution >= 0.6 is 0 Å². The Morgan fingerprint density at radius 3 is 2.45 bits per heavy atom. The summed E-state index contributed by atoms with van der Waals surface area (Å²) in [6.07, 6.45) is 5.56. The zero-order valence-corrected chi connectivity index (χ0v) is 16.2. The number of aromatic nitrogens is 6. The van der Waals surface area contributed by atoms with Crippen molar-refractivity contribution in [2.45, 2.75) is 0 Å². The van der Waals surface area contributed by atoms with Gasteiger partial charge in [0.1, 0.15) is 0 Å². The van der Waals surface area contributed by atoms with Gasteiger partial charge in [-0.2, -0.15) is 10.2 Å². The molecule has 146 valence electrons. The molecule has 5 heterocycles. The van der Waals surface area contributed by atoms with Crippen LogP contribution in [0.1, 0.15) is 0 Å². The van der Waals surface area contributed by atoms with E-state index in [1.54, 1.807) is 0 Å². The Labute approximate surface area is 167 Å². The summed E-state index contributed by atoms with van der Waals surface area (Å²) < 4.78 is 0. The quantitative estimate of drug-likeness (QED) is 0.562. The molecule has 0 spiro atoms. The summed E-state index contributed by atoms with van der Waals surface area (Å²) in [6.45, 7) is 4.53. The molecule has 2 saturated heterocycles. The smallest absolute Gasteiger partial charge is 0.151 e. The molecule has 0 aliphatic carbocycles. The van der Waals surface area contributed by atoms with Crippen molar-refractivity contribution in [2.75, 3.05) is 38.1 Å². The van der Waals surface area contributed by atoms with Gasteiger partial charge in [0.05, 0.1) is 23.6 Å². The van der Waals surface area contributed by atoms with Gasteiger partial charge in [-0.05, 0) is 42.6 Å². The fourth-order valence-corrected chi connectivity index (χ4v) is 4.95. The van der Waals surface area contributed by atoms with Crippen molar-refractivity contribution in [3.63, 3.8) is 0 Å². The molecule has 0 saturated carbocycles. The van der Waals surface area contributed by atoms with Crippen molar-refractivity contribution in [1.82, 2.24) is 35.5 Å². The number of hydrogen-bond donors (Lipinski definition) is 2. The maximum Gasteiger partial charge on any atom is 0.151 e. The first kappa shape index (κ1) is 16.7. The van der Waals surface area contributed by atoms with Gasteiger partial charge in [0.2, 0.25) is 0 Å². The van der Waals surface area contributed by atoms with E-state index in [9.17, 15) is 0 Å². The molecule has 2 unspecified atom stereocenters. The summed E-state index contributed by atoms with van der Waals surface area (Å²) in [5.74, 6) is 2.48. The largest absolute Gasteiger partial charge is 0.354 e. The van der Waals surface area contributed by atoms with Gasteiger partial charge in [-0.3, -0.25) is 10.2 Å². The minimum atomic E-state index is 0.751. The van der Waals surface area contributed by atoms with Crippen molar-refractivity contribution < 1.29 is 0 Å². The first-order valence-corrected chi connectivity index (χ1v) is 9.99. The molecule has 2 fully saturated rings. The Morgan fingerprint density at radius 2 is 1.72 bits per heavy atom. The molecule has 2 atom stereocenters. The Balaban J connectivity index is 1.31. The zero-order valence-electron chi connectivity index (χ0n) is 16.2.